The van der Waals surface area contributed by atoms with Gasteiger partial charge in [0, 0.05) is 11.4 Å². The van der Waals surface area contributed by atoms with Crippen LogP contribution >= 0.6 is 0 Å². The van der Waals surface area contributed by atoms with Gasteiger partial charge in [0.05, 0.1) is 18.2 Å². The fraction of sp³-hybridized carbons (Fsp3) is 0.200. The summed E-state index contributed by atoms with van der Waals surface area (Å²) in [6.45, 7) is 4.24. The first kappa shape index (κ1) is 19.7. The maximum absolute atomic E-state index is 13.6. The van der Waals surface area contributed by atoms with Gasteiger partial charge in [-0.1, -0.05) is 56.3 Å². The smallest absolute Gasteiger partial charge is 0.337 e. The van der Waals surface area contributed by atoms with Gasteiger partial charge in [-0.25, -0.2) is 4.79 Å². The molecule has 0 aromatic heterocycles. The topological polar surface area (TPSA) is 58.6 Å². The Labute approximate surface area is 176 Å². The van der Waals surface area contributed by atoms with E-state index in [1.54, 1.807) is 12.1 Å². The third-order valence-corrected chi connectivity index (χ3v) is 5.39. The Kier molecular flexibility index (Phi) is 5.27. The van der Waals surface area contributed by atoms with Gasteiger partial charge in [0.15, 0.2) is 0 Å². The molecule has 1 aliphatic rings. The molecule has 0 spiro atoms. The number of ether oxygens (including phenoxy) is 1. The van der Waals surface area contributed by atoms with Crippen LogP contribution in [-0.2, 0) is 4.74 Å². The number of carbonyl (C=O) groups excluding carboxylic acids is 2. The van der Waals surface area contributed by atoms with Gasteiger partial charge in [-0.05, 0) is 47.4 Å². The number of nitrogens with one attached hydrogen (secondary N) is 1. The number of nitrogens with zero attached hydrogens (tertiary/aromatic N) is 1. The lowest BCUT2D eigenvalue weighted by Gasteiger charge is -2.39. The third-order valence-electron chi connectivity index (χ3n) is 5.39. The molecule has 0 radical (unpaired) electrons. The second-order valence-electron chi connectivity index (χ2n) is 7.59. The number of hydrogen-bond acceptors (Lipinski definition) is 4. The quantitative estimate of drug-likeness (QED) is 0.599. The van der Waals surface area contributed by atoms with Crippen LogP contribution < -0.4 is 10.2 Å². The van der Waals surface area contributed by atoms with Crippen LogP contribution in [0, 0.1) is 0 Å². The third kappa shape index (κ3) is 3.43. The lowest BCUT2D eigenvalue weighted by molar-refractivity contribution is 0.0600. The first-order valence-electron chi connectivity index (χ1n) is 9.97. The van der Waals surface area contributed by atoms with Crippen LogP contribution in [0.4, 0.5) is 11.4 Å². The van der Waals surface area contributed by atoms with E-state index in [4.69, 9.17) is 4.74 Å². The molecule has 3 aromatic carbocycles. The van der Waals surface area contributed by atoms with Crippen LogP contribution in [0.25, 0.3) is 0 Å². The molecule has 1 N–H and O–H groups in total. The highest BCUT2D eigenvalue weighted by molar-refractivity contribution is 6.12. The standard InChI is InChI=1S/C25H24N2O3/c1-16(2)19-8-5-7-11-22(19)27-23(17-12-14-18(15-13-17)25(29)30-3)26-21-10-6-4-9-20(21)24(27)28/h4-16,23,26H,1-3H3/t23-/m0/s1. The lowest BCUT2D eigenvalue weighted by Crippen LogP contribution is -2.43. The number of rotatable bonds is 4. The van der Waals surface area contributed by atoms with Crippen LogP contribution in [0.3, 0.4) is 0 Å². The summed E-state index contributed by atoms with van der Waals surface area (Å²) in [6.07, 6.45) is -0.404. The molecule has 152 valence electrons. The van der Waals surface area contributed by atoms with Gasteiger partial charge in [0.25, 0.3) is 5.91 Å². The lowest BCUT2D eigenvalue weighted by atomic mass is 9.96. The largest absolute Gasteiger partial charge is 0.465 e. The Morgan fingerprint density at radius 2 is 1.63 bits per heavy atom. The van der Waals surface area contributed by atoms with Crippen molar-refractivity contribution in [2.45, 2.75) is 25.9 Å². The van der Waals surface area contributed by atoms with Crippen molar-refractivity contribution in [1.82, 2.24) is 0 Å². The summed E-state index contributed by atoms with van der Waals surface area (Å²) in [5.74, 6) is -0.186. The molecule has 3 aromatic rings. The van der Waals surface area contributed by atoms with Crippen molar-refractivity contribution in [2.75, 3.05) is 17.3 Å². The molecule has 5 heteroatoms. The molecule has 1 amide bonds. The maximum atomic E-state index is 13.6. The molecule has 0 bridgehead atoms. The van der Waals surface area contributed by atoms with E-state index in [1.807, 2.05) is 59.5 Å². The fourth-order valence-corrected chi connectivity index (χ4v) is 3.85. The summed E-state index contributed by atoms with van der Waals surface area (Å²) in [5.41, 5.74) is 4.76. The van der Waals surface area contributed by atoms with Gasteiger partial charge in [-0.2, -0.15) is 0 Å². The zero-order valence-corrected chi connectivity index (χ0v) is 17.3. The summed E-state index contributed by atoms with van der Waals surface area (Å²) in [5, 5.41) is 3.51. The molecule has 1 aliphatic heterocycles. The highest BCUT2D eigenvalue weighted by atomic mass is 16.5. The molecule has 30 heavy (non-hydrogen) atoms. The molecule has 4 rings (SSSR count). The SMILES string of the molecule is COC(=O)c1ccc([C@H]2Nc3ccccc3C(=O)N2c2ccccc2C(C)C)cc1. The number of fused-ring (bicyclic) bond motifs is 1. The number of anilines is 2. The van der Waals surface area contributed by atoms with Crippen molar-refractivity contribution < 1.29 is 14.3 Å². The Hall–Kier alpha value is -3.60. The van der Waals surface area contributed by atoms with E-state index >= 15 is 0 Å². The number of benzene rings is 3. The van der Waals surface area contributed by atoms with Crippen LogP contribution in [0.5, 0.6) is 0 Å². The molecule has 0 aliphatic carbocycles. The minimum absolute atomic E-state index is 0.0560. The molecule has 0 saturated heterocycles. The van der Waals surface area contributed by atoms with Gasteiger partial charge in [-0.15, -0.1) is 0 Å². The van der Waals surface area contributed by atoms with Crippen molar-refractivity contribution in [2.24, 2.45) is 0 Å². The van der Waals surface area contributed by atoms with Gasteiger partial charge in [0.1, 0.15) is 6.17 Å². The van der Waals surface area contributed by atoms with E-state index < -0.39 is 6.17 Å². The molecule has 0 unspecified atom stereocenters. The molecule has 5 nitrogen and oxygen atoms in total. The number of methoxy groups -OCH3 is 1. The molecule has 1 heterocycles. The highest BCUT2D eigenvalue weighted by Gasteiger charge is 2.35. The summed E-state index contributed by atoms with van der Waals surface area (Å²) >= 11 is 0. The highest BCUT2D eigenvalue weighted by Crippen LogP contribution is 2.39. The van der Waals surface area contributed by atoms with Gasteiger partial charge in [0.2, 0.25) is 0 Å². The number of hydrogen-bond donors (Lipinski definition) is 1. The first-order valence-corrected chi connectivity index (χ1v) is 9.97. The van der Waals surface area contributed by atoms with E-state index in [2.05, 4.69) is 25.2 Å². The number of para-hydroxylation sites is 2. The zero-order valence-electron chi connectivity index (χ0n) is 17.3. The van der Waals surface area contributed by atoms with Gasteiger partial charge >= 0.3 is 5.97 Å². The van der Waals surface area contributed by atoms with Crippen LogP contribution in [-0.4, -0.2) is 19.0 Å². The number of carbonyl (C=O) groups is 2. The second-order valence-corrected chi connectivity index (χ2v) is 7.59. The molecule has 0 fully saturated rings. The fourth-order valence-electron chi connectivity index (χ4n) is 3.85. The van der Waals surface area contributed by atoms with E-state index in [9.17, 15) is 9.59 Å². The van der Waals surface area contributed by atoms with E-state index in [-0.39, 0.29) is 17.8 Å². The van der Waals surface area contributed by atoms with Gasteiger partial charge in [-0.3, -0.25) is 9.69 Å². The predicted molar refractivity (Wildman–Crippen MR) is 118 cm³/mol. The Morgan fingerprint density at radius 3 is 2.33 bits per heavy atom. The number of amides is 1. The van der Waals surface area contributed by atoms with E-state index in [0.717, 1.165) is 22.5 Å². The predicted octanol–water partition coefficient (Wildman–Crippen LogP) is 5.37. The van der Waals surface area contributed by atoms with Crippen LogP contribution in [0.15, 0.2) is 72.8 Å². The normalized spacial score (nSPS) is 15.5. The van der Waals surface area contributed by atoms with Crippen molar-refractivity contribution in [3.05, 3.63) is 95.1 Å². The van der Waals surface area contributed by atoms with Crippen molar-refractivity contribution >= 4 is 23.3 Å². The monoisotopic (exact) mass is 400 g/mol. The average Bonchev–Trinajstić information content (AvgIpc) is 2.78. The van der Waals surface area contributed by atoms with Crippen LogP contribution in [0.1, 0.15) is 57.8 Å². The van der Waals surface area contributed by atoms with E-state index in [0.29, 0.717) is 11.1 Å². The summed E-state index contributed by atoms with van der Waals surface area (Å²) in [6, 6.07) is 22.7. The van der Waals surface area contributed by atoms with Crippen molar-refractivity contribution in [1.29, 1.82) is 0 Å². The molecular weight excluding hydrogens is 376 g/mol. The molecular formula is C25H24N2O3. The summed E-state index contributed by atoms with van der Waals surface area (Å²) in [4.78, 5) is 27.2. The Balaban J connectivity index is 1.85. The summed E-state index contributed by atoms with van der Waals surface area (Å²) < 4.78 is 4.80. The minimum atomic E-state index is -0.404. The minimum Gasteiger partial charge on any atom is -0.465 e. The maximum Gasteiger partial charge on any atom is 0.337 e. The second kappa shape index (κ2) is 8.03. The van der Waals surface area contributed by atoms with Crippen molar-refractivity contribution in [3.63, 3.8) is 0 Å². The first-order chi connectivity index (χ1) is 14.5. The van der Waals surface area contributed by atoms with Crippen LogP contribution in [0.2, 0.25) is 0 Å². The molecule has 0 saturated carbocycles. The summed E-state index contributed by atoms with van der Waals surface area (Å²) in [7, 11) is 1.36. The average molecular weight is 400 g/mol. The van der Waals surface area contributed by atoms with Crippen molar-refractivity contribution in [3.8, 4) is 0 Å². The van der Waals surface area contributed by atoms with E-state index in [1.165, 1.54) is 7.11 Å². The van der Waals surface area contributed by atoms with Gasteiger partial charge < -0.3 is 10.1 Å². The Bertz CT molecular complexity index is 1090. The number of esters is 1. The zero-order chi connectivity index (χ0) is 21.3. The Morgan fingerprint density at radius 1 is 0.967 bits per heavy atom. The molecule has 1 atom stereocenters.